The van der Waals surface area contributed by atoms with E-state index in [4.69, 9.17) is 5.26 Å². The Kier molecular flexibility index (Phi) is 3.80. The topological polar surface area (TPSA) is 48.2 Å². The van der Waals surface area contributed by atoms with Crippen molar-refractivity contribution in [2.75, 3.05) is 11.2 Å². The van der Waals surface area contributed by atoms with Crippen molar-refractivity contribution in [1.29, 1.82) is 5.26 Å². The molecule has 1 aliphatic rings. The number of hydrogen-bond donors (Lipinski definition) is 1. The van der Waals surface area contributed by atoms with Crippen LogP contribution in [0.1, 0.15) is 5.56 Å². The van der Waals surface area contributed by atoms with Gasteiger partial charge in [0.2, 0.25) is 0 Å². The van der Waals surface area contributed by atoms with Gasteiger partial charge in [-0.05, 0) is 18.2 Å². The van der Waals surface area contributed by atoms with Crippen LogP contribution >= 0.6 is 11.8 Å². The molecule has 3 nitrogen and oxygen atoms in total. The highest BCUT2D eigenvalue weighted by Gasteiger charge is 2.11. The lowest BCUT2D eigenvalue weighted by Gasteiger charge is -2.13. The summed E-state index contributed by atoms with van der Waals surface area (Å²) in [5.74, 6) is 0.319. The number of anilines is 1. The Morgan fingerprint density at radius 1 is 1.56 bits per heavy atom. The molecule has 0 radical (unpaired) electrons. The van der Waals surface area contributed by atoms with E-state index in [1.165, 1.54) is 12.1 Å². The lowest BCUT2D eigenvalue weighted by atomic mass is 10.2. The summed E-state index contributed by atoms with van der Waals surface area (Å²) in [5, 5.41) is 12.6. The zero-order chi connectivity index (χ0) is 13.0. The molecule has 1 aliphatic heterocycles. The van der Waals surface area contributed by atoms with E-state index in [1.54, 1.807) is 30.1 Å². The highest BCUT2D eigenvalue weighted by molar-refractivity contribution is 8.15. The Hall–Kier alpha value is -2.06. The van der Waals surface area contributed by atoms with E-state index in [1.807, 2.05) is 6.07 Å². The van der Waals surface area contributed by atoms with Crippen LogP contribution in [0.2, 0.25) is 0 Å². The first kappa shape index (κ1) is 12.4. The van der Waals surface area contributed by atoms with Crippen LogP contribution in [0.15, 0.2) is 47.6 Å². The predicted octanol–water partition coefficient (Wildman–Crippen LogP) is 3.28. The third-order valence-electron chi connectivity index (χ3n) is 2.30. The molecule has 0 saturated heterocycles. The van der Waals surface area contributed by atoms with Crippen LogP contribution < -0.4 is 5.32 Å². The zero-order valence-corrected chi connectivity index (χ0v) is 10.3. The van der Waals surface area contributed by atoms with Gasteiger partial charge in [0.1, 0.15) is 10.9 Å². The Morgan fingerprint density at radius 2 is 2.33 bits per heavy atom. The van der Waals surface area contributed by atoms with Crippen molar-refractivity contribution in [3.05, 3.63) is 54.0 Å². The summed E-state index contributed by atoms with van der Waals surface area (Å²) >= 11 is 1.63. The van der Waals surface area contributed by atoms with Crippen LogP contribution in [0.4, 0.5) is 10.1 Å². The van der Waals surface area contributed by atoms with Crippen LogP contribution in [-0.4, -0.2) is 10.9 Å². The Labute approximate surface area is 109 Å². The molecule has 1 heterocycles. The number of hydrogen-bond acceptors (Lipinski definition) is 4. The van der Waals surface area contributed by atoms with Crippen LogP contribution in [0.25, 0.3) is 0 Å². The Bertz CT molecular complexity index is 584. The van der Waals surface area contributed by atoms with Crippen molar-refractivity contribution in [2.45, 2.75) is 0 Å². The van der Waals surface area contributed by atoms with Gasteiger partial charge >= 0.3 is 0 Å². The number of nitrogens with one attached hydrogen (secondary N) is 1. The summed E-state index contributed by atoms with van der Waals surface area (Å²) < 4.78 is 13.2. The van der Waals surface area contributed by atoms with Crippen LogP contribution in [0.5, 0.6) is 0 Å². The van der Waals surface area contributed by atoms with Crippen molar-refractivity contribution < 1.29 is 4.39 Å². The lowest BCUT2D eigenvalue weighted by Crippen LogP contribution is -2.07. The minimum Gasteiger partial charge on any atom is -0.361 e. The van der Waals surface area contributed by atoms with Crippen LogP contribution in [0, 0.1) is 17.1 Å². The maximum absolute atomic E-state index is 13.2. The summed E-state index contributed by atoms with van der Waals surface area (Å²) in [4.78, 5) is 4.18. The second kappa shape index (κ2) is 5.52. The first-order valence-corrected chi connectivity index (χ1v) is 6.19. The summed E-state index contributed by atoms with van der Waals surface area (Å²) in [6.45, 7) is 3.70. The molecular formula is C13H10FN3S. The standard InChI is InChI=1S/C13H10FN3S/c1-2-10(13-17-8-18-13)7-16-12-4-9(6-15)3-11(14)5-12/h2-5,7,16H,1,8H2/b10-7+. The van der Waals surface area contributed by atoms with Crippen molar-refractivity contribution >= 4 is 22.5 Å². The summed E-state index contributed by atoms with van der Waals surface area (Å²) in [7, 11) is 0. The molecule has 5 heteroatoms. The van der Waals surface area contributed by atoms with Gasteiger partial charge in [0, 0.05) is 17.5 Å². The third kappa shape index (κ3) is 2.79. The summed E-state index contributed by atoms with van der Waals surface area (Å²) in [5.41, 5.74) is 1.66. The molecule has 1 aromatic carbocycles. The minimum absolute atomic E-state index is 0.279. The van der Waals surface area contributed by atoms with Gasteiger partial charge in [0.15, 0.2) is 0 Å². The average Bonchev–Trinajstić information content (AvgIpc) is 2.31. The molecule has 1 N–H and O–H groups in total. The van der Waals surface area contributed by atoms with Crippen LogP contribution in [-0.2, 0) is 0 Å². The van der Waals surface area contributed by atoms with Gasteiger partial charge in [0.05, 0.1) is 17.5 Å². The van der Waals surface area contributed by atoms with Crippen molar-refractivity contribution in [2.24, 2.45) is 4.99 Å². The van der Waals surface area contributed by atoms with Gasteiger partial charge in [-0.15, -0.1) is 0 Å². The summed E-state index contributed by atoms with van der Waals surface area (Å²) in [6.07, 6.45) is 3.39. The molecule has 0 spiro atoms. The molecule has 0 atom stereocenters. The quantitative estimate of drug-likeness (QED) is 0.844. The second-order valence-electron chi connectivity index (χ2n) is 3.53. The van der Waals surface area contributed by atoms with Gasteiger partial charge in [-0.2, -0.15) is 5.26 Å². The molecule has 0 fully saturated rings. The number of rotatable bonds is 4. The number of nitrogens with zero attached hydrogens (tertiary/aromatic N) is 2. The molecule has 2 rings (SSSR count). The lowest BCUT2D eigenvalue weighted by molar-refractivity contribution is 0.628. The monoisotopic (exact) mass is 259 g/mol. The van der Waals surface area contributed by atoms with Crippen molar-refractivity contribution in [1.82, 2.24) is 0 Å². The molecule has 1 aromatic rings. The Balaban J connectivity index is 2.19. The number of halogens is 1. The minimum atomic E-state index is -0.444. The van der Waals surface area contributed by atoms with Gasteiger partial charge in [-0.3, -0.25) is 4.99 Å². The van der Waals surface area contributed by atoms with E-state index >= 15 is 0 Å². The molecule has 0 amide bonds. The number of thioether (sulfide) groups is 1. The zero-order valence-electron chi connectivity index (χ0n) is 9.48. The van der Waals surface area contributed by atoms with Crippen molar-refractivity contribution in [3.8, 4) is 6.07 Å². The maximum Gasteiger partial charge on any atom is 0.126 e. The van der Waals surface area contributed by atoms with E-state index in [0.717, 1.165) is 16.5 Å². The van der Waals surface area contributed by atoms with E-state index in [-0.39, 0.29) is 5.56 Å². The Morgan fingerprint density at radius 3 is 2.89 bits per heavy atom. The smallest absolute Gasteiger partial charge is 0.126 e. The van der Waals surface area contributed by atoms with Gasteiger partial charge in [-0.25, -0.2) is 4.39 Å². The average molecular weight is 259 g/mol. The summed E-state index contributed by atoms with van der Waals surface area (Å²) in [6, 6.07) is 6.00. The molecule has 90 valence electrons. The second-order valence-corrected chi connectivity index (χ2v) is 4.46. The normalized spacial score (nSPS) is 14.2. The number of aliphatic imine (C=N–C) groups is 1. The highest BCUT2D eigenvalue weighted by atomic mass is 32.2. The molecule has 18 heavy (non-hydrogen) atoms. The molecule has 0 unspecified atom stereocenters. The fourth-order valence-electron chi connectivity index (χ4n) is 1.41. The first-order chi connectivity index (χ1) is 8.72. The first-order valence-electron chi connectivity index (χ1n) is 5.20. The molecule has 0 aliphatic carbocycles. The van der Waals surface area contributed by atoms with E-state index in [0.29, 0.717) is 5.69 Å². The van der Waals surface area contributed by atoms with E-state index in [2.05, 4.69) is 16.9 Å². The fourth-order valence-corrected chi connectivity index (χ4v) is 1.98. The molecule has 0 aromatic heterocycles. The van der Waals surface area contributed by atoms with Crippen molar-refractivity contribution in [3.63, 3.8) is 0 Å². The molecule has 0 saturated carbocycles. The predicted molar refractivity (Wildman–Crippen MR) is 72.9 cm³/mol. The molecular weight excluding hydrogens is 249 g/mol. The van der Waals surface area contributed by atoms with Gasteiger partial charge < -0.3 is 5.32 Å². The van der Waals surface area contributed by atoms with E-state index in [9.17, 15) is 4.39 Å². The van der Waals surface area contributed by atoms with E-state index < -0.39 is 5.82 Å². The highest BCUT2D eigenvalue weighted by Crippen LogP contribution is 2.23. The van der Waals surface area contributed by atoms with Crippen LogP contribution in [0.3, 0.4) is 0 Å². The third-order valence-corrected chi connectivity index (χ3v) is 3.19. The van der Waals surface area contributed by atoms with Gasteiger partial charge in [0.25, 0.3) is 0 Å². The van der Waals surface area contributed by atoms with Gasteiger partial charge in [-0.1, -0.05) is 24.4 Å². The largest absolute Gasteiger partial charge is 0.361 e. The number of nitriles is 1. The SMILES string of the molecule is C=C/C(=C\Nc1cc(F)cc(C#N)c1)C1=NCS1. The maximum atomic E-state index is 13.2. The molecule has 0 bridgehead atoms. The number of allylic oxidation sites excluding steroid dienone is 1. The fraction of sp³-hybridized carbons (Fsp3) is 0.0769. The number of benzene rings is 1.